The smallest absolute Gasteiger partial charge is 0.316 e. The summed E-state index contributed by atoms with van der Waals surface area (Å²) in [5.74, 6) is -1.44. The number of nitro groups is 1. The minimum absolute atomic E-state index is 0.251. The number of hydrogen-bond donors (Lipinski definition) is 0. The molecule has 1 aromatic rings. The van der Waals surface area contributed by atoms with Crippen molar-refractivity contribution in [3.63, 3.8) is 0 Å². The Morgan fingerprint density at radius 2 is 2.06 bits per heavy atom. The summed E-state index contributed by atoms with van der Waals surface area (Å²) in [5.41, 5.74) is 0.826. The first-order chi connectivity index (χ1) is 8.16. The number of rotatable bonds is 4. The maximum Gasteiger partial charge on any atom is 0.316 e. The van der Waals surface area contributed by atoms with Gasteiger partial charge in [0, 0.05) is 4.92 Å². The molecule has 0 amide bonds. The lowest BCUT2D eigenvalue weighted by Gasteiger charge is -1.98. The second kappa shape index (κ2) is 4.53. The normalized spacial score (nSPS) is 26.3. The maximum atomic E-state index is 11.6. The number of ether oxygens (including phenoxy) is 1. The summed E-state index contributed by atoms with van der Waals surface area (Å²) in [7, 11) is 0. The van der Waals surface area contributed by atoms with Crippen molar-refractivity contribution in [1.29, 1.82) is 0 Å². The van der Waals surface area contributed by atoms with Crippen molar-refractivity contribution in [1.82, 2.24) is 0 Å². The molecule has 1 saturated carbocycles. The van der Waals surface area contributed by atoms with Gasteiger partial charge in [0.25, 0.3) is 0 Å². The lowest BCUT2D eigenvalue weighted by molar-refractivity contribution is -0.498. The van der Waals surface area contributed by atoms with Crippen LogP contribution < -0.4 is 0 Å². The summed E-state index contributed by atoms with van der Waals surface area (Å²) in [6.07, 6.45) is 0. The van der Waals surface area contributed by atoms with Gasteiger partial charge in [0.05, 0.1) is 12.5 Å². The van der Waals surface area contributed by atoms with Crippen LogP contribution in [-0.2, 0) is 9.53 Å². The van der Waals surface area contributed by atoms with Crippen LogP contribution in [-0.4, -0.2) is 23.5 Å². The van der Waals surface area contributed by atoms with Crippen molar-refractivity contribution in [2.45, 2.75) is 18.9 Å². The number of esters is 1. The molecule has 0 radical (unpaired) electrons. The molecule has 1 fully saturated rings. The van der Waals surface area contributed by atoms with Gasteiger partial charge in [-0.2, -0.15) is 0 Å². The fourth-order valence-corrected chi connectivity index (χ4v) is 2.16. The summed E-state index contributed by atoms with van der Waals surface area (Å²) in [6.45, 7) is 1.94. The monoisotopic (exact) mass is 235 g/mol. The Morgan fingerprint density at radius 3 is 2.59 bits per heavy atom. The highest BCUT2D eigenvalue weighted by atomic mass is 16.6. The standard InChI is InChI=1S/C12H13NO4/c1-2-17-12(14)10-9(11(10)13(15)16)8-6-4-3-5-7-8/h3-7,9-11H,2H2,1H3/t9-,10-,11-/m0/s1. The molecular formula is C12H13NO4. The van der Waals surface area contributed by atoms with E-state index in [0.717, 1.165) is 5.56 Å². The van der Waals surface area contributed by atoms with E-state index in [0.29, 0.717) is 0 Å². The minimum Gasteiger partial charge on any atom is -0.466 e. The van der Waals surface area contributed by atoms with Crippen molar-refractivity contribution in [2.75, 3.05) is 6.61 Å². The molecule has 1 aromatic carbocycles. The van der Waals surface area contributed by atoms with Gasteiger partial charge in [-0.25, -0.2) is 0 Å². The van der Waals surface area contributed by atoms with E-state index in [9.17, 15) is 14.9 Å². The average molecular weight is 235 g/mol. The SMILES string of the molecule is CCOC(=O)[C@H]1[C@H](c2ccccc2)[C@@H]1[N+](=O)[O-]. The van der Waals surface area contributed by atoms with E-state index in [4.69, 9.17) is 4.74 Å². The second-order valence-electron chi connectivity index (χ2n) is 3.99. The second-order valence-corrected chi connectivity index (χ2v) is 3.99. The number of nitrogens with zero attached hydrogens (tertiary/aromatic N) is 1. The number of carbonyl (C=O) groups is 1. The van der Waals surface area contributed by atoms with Crippen LogP contribution >= 0.6 is 0 Å². The van der Waals surface area contributed by atoms with Crippen molar-refractivity contribution in [3.8, 4) is 0 Å². The van der Waals surface area contributed by atoms with E-state index in [1.807, 2.05) is 18.2 Å². The fourth-order valence-electron chi connectivity index (χ4n) is 2.16. The van der Waals surface area contributed by atoms with Gasteiger partial charge in [0.2, 0.25) is 6.04 Å². The minimum atomic E-state index is -0.837. The van der Waals surface area contributed by atoms with Gasteiger partial charge < -0.3 is 4.74 Å². The summed E-state index contributed by atoms with van der Waals surface area (Å²) in [5, 5.41) is 10.9. The van der Waals surface area contributed by atoms with Crippen LogP contribution in [0.15, 0.2) is 30.3 Å². The molecule has 0 bridgehead atoms. The zero-order chi connectivity index (χ0) is 12.4. The van der Waals surface area contributed by atoms with Crippen LogP contribution in [0.25, 0.3) is 0 Å². The molecule has 0 aliphatic heterocycles. The summed E-state index contributed by atoms with van der Waals surface area (Å²) < 4.78 is 4.85. The third-order valence-corrected chi connectivity index (χ3v) is 2.97. The largest absolute Gasteiger partial charge is 0.466 e. The van der Waals surface area contributed by atoms with Gasteiger partial charge in [-0.3, -0.25) is 14.9 Å². The quantitative estimate of drug-likeness (QED) is 0.451. The third kappa shape index (κ3) is 2.13. The van der Waals surface area contributed by atoms with Gasteiger partial charge in [-0.05, 0) is 12.5 Å². The molecule has 0 saturated heterocycles. The third-order valence-electron chi connectivity index (χ3n) is 2.97. The number of carbonyl (C=O) groups excluding carboxylic acids is 1. The Labute approximate surface area is 98.5 Å². The Morgan fingerprint density at radius 1 is 1.41 bits per heavy atom. The predicted octanol–water partition coefficient (Wildman–Crippen LogP) is 1.61. The number of benzene rings is 1. The first-order valence-electron chi connectivity index (χ1n) is 5.52. The molecule has 5 heteroatoms. The van der Waals surface area contributed by atoms with Crippen molar-refractivity contribution in [2.24, 2.45) is 5.92 Å². The summed E-state index contributed by atoms with van der Waals surface area (Å²) in [6, 6.07) is 8.24. The molecule has 1 aliphatic rings. The topological polar surface area (TPSA) is 69.4 Å². The van der Waals surface area contributed by atoms with Crippen molar-refractivity contribution < 1.29 is 14.5 Å². The molecule has 3 atom stereocenters. The highest BCUT2D eigenvalue weighted by molar-refractivity contribution is 5.79. The van der Waals surface area contributed by atoms with E-state index in [-0.39, 0.29) is 17.4 Å². The van der Waals surface area contributed by atoms with Gasteiger partial charge in [-0.1, -0.05) is 30.3 Å². The van der Waals surface area contributed by atoms with E-state index >= 15 is 0 Å². The molecule has 0 unspecified atom stereocenters. The molecule has 5 nitrogen and oxygen atoms in total. The Hall–Kier alpha value is -1.91. The Kier molecular flexibility index (Phi) is 3.08. The van der Waals surface area contributed by atoms with Gasteiger partial charge in [0.15, 0.2) is 0 Å². The lowest BCUT2D eigenvalue weighted by atomic mass is 10.1. The van der Waals surface area contributed by atoms with Crippen molar-refractivity contribution in [3.05, 3.63) is 46.0 Å². The predicted molar refractivity (Wildman–Crippen MR) is 60.1 cm³/mol. The summed E-state index contributed by atoms with van der Waals surface area (Å²) in [4.78, 5) is 22.0. The van der Waals surface area contributed by atoms with Crippen LogP contribution in [0.3, 0.4) is 0 Å². The molecule has 0 aromatic heterocycles. The maximum absolute atomic E-state index is 11.6. The molecule has 1 aliphatic carbocycles. The fraction of sp³-hybridized carbons (Fsp3) is 0.417. The first kappa shape index (κ1) is 11.6. The van der Waals surface area contributed by atoms with Crippen LogP contribution in [0.2, 0.25) is 0 Å². The van der Waals surface area contributed by atoms with E-state index in [1.165, 1.54) is 0 Å². The van der Waals surface area contributed by atoms with Crippen LogP contribution in [0.1, 0.15) is 18.4 Å². The Bertz CT molecular complexity index is 431. The van der Waals surface area contributed by atoms with E-state index in [2.05, 4.69) is 0 Å². The van der Waals surface area contributed by atoms with Gasteiger partial charge in [0.1, 0.15) is 5.92 Å². The van der Waals surface area contributed by atoms with Crippen LogP contribution in [0.5, 0.6) is 0 Å². The summed E-state index contributed by atoms with van der Waals surface area (Å²) >= 11 is 0. The van der Waals surface area contributed by atoms with Crippen LogP contribution in [0, 0.1) is 16.0 Å². The molecule has 0 spiro atoms. The molecule has 0 N–H and O–H groups in total. The lowest BCUT2D eigenvalue weighted by Crippen LogP contribution is -2.13. The Balaban J connectivity index is 2.18. The van der Waals surface area contributed by atoms with Crippen molar-refractivity contribution >= 4 is 5.97 Å². The average Bonchev–Trinajstić information content (AvgIpc) is 3.06. The number of hydrogen-bond acceptors (Lipinski definition) is 4. The van der Waals surface area contributed by atoms with Crippen LogP contribution in [0.4, 0.5) is 0 Å². The van der Waals surface area contributed by atoms with E-state index < -0.39 is 17.9 Å². The highest BCUT2D eigenvalue weighted by Gasteiger charge is 2.66. The molecule has 17 heavy (non-hydrogen) atoms. The van der Waals surface area contributed by atoms with E-state index in [1.54, 1.807) is 19.1 Å². The first-order valence-corrected chi connectivity index (χ1v) is 5.52. The molecule has 0 heterocycles. The molecule has 2 rings (SSSR count). The zero-order valence-corrected chi connectivity index (χ0v) is 9.41. The molecular weight excluding hydrogens is 222 g/mol. The zero-order valence-electron chi connectivity index (χ0n) is 9.41. The van der Waals surface area contributed by atoms with Gasteiger partial charge in [-0.15, -0.1) is 0 Å². The highest BCUT2D eigenvalue weighted by Crippen LogP contribution is 2.50. The van der Waals surface area contributed by atoms with Gasteiger partial charge >= 0.3 is 5.97 Å². The molecule has 90 valence electrons.